The van der Waals surface area contributed by atoms with Crippen LogP contribution in [0.3, 0.4) is 0 Å². The average molecular weight is 265 g/mol. The van der Waals surface area contributed by atoms with Crippen LogP contribution in [0.1, 0.15) is 18.4 Å². The molecule has 0 spiro atoms. The van der Waals surface area contributed by atoms with Gasteiger partial charge in [0.25, 0.3) is 0 Å². The van der Waals surface area contributed by atoms with E-state index in [0.29, 0.717) is 11.9 Å². The summed E-state index contributed by atoms with van der Waals surface area (Å²) in [4.78, 5) is 10.4. The van der Waals surface area contributed by atoms with Gasteiger partial charge >= 0.3 is 5.97 Å². The maximum absolute atomic E-state index is 10.4. The second-order valence-corrected chi connectivity index (χ2v) is 4.59. The molecule has 0 bridgehead atoms. The van der Waals surface area contributed by atoms with Crippen LogP contribution in [0.4, 0.5) is 0 Å². The predicted octanol–water partition coefficient (Wildman–Crippen LogP) is 1.42. The van der Waals surface area contributed by atoms with Gasteiger partial charge < -0.3 is 19.9 Å². The molecule has 5 heteroatoms. The van der Waals surface area contributed by atoms with E-state index in [2.05, 4.69) is 5.32 Å². The van der Waals surface area contributed by atoms with Gasteiger partial charge in [-0.05, 0) is 30.5 Å². The van der Waals surface area contributed by atoms with Gasteiger partial charge in [-0.1, -0.05) is 12.1 Å². The highest BCUT2D eigenvalue weighted by molar-refractivity contribution is 5.68. The average Bonchev–Trinajstić information content (AvgIpc) is 2.91. The summed E-state index contributed by atoms with van der Waals surface area (Å²) in [6.45, 7) is 2.22. The standard InChI is InChI=1S/C14H19NO4/c16-14(17)10-19-12-5-3-11(4-6-12)8-15-9-13-2-1-7-18-13/h3-6,13,15H,1-2,7-10H2,(H,16,17)/t13-/m0/s1. The molecular formula is C14H19NO4. The molecule has 0 aliphatic carbocycles. The van der Waals surface area contributed by atoms with Crippen LogP contribution in [-0.2, 0) is 16.1 Å². The molecule has 0 amide bonds. The second-order valence-electron chi connectivity index (χ2n) is 4.59. The maximum atomic E-state index is 10.4. The van der Waals surface area contributed by atoms with Gasteiger partial charge in [0.05, 0.1) is 6.10 Å². The summed E-state index contributed by atoms with van der Waals surface area (Å²) in [6, 6.07) is 7.43. The molecule has 19 heavy (non-hydrogen) atoms. The lowest BCUT2D eigenvalue weighted by molar-refractivity contribution is -0.139. The highest BCUT2D eigenvalue weighted by Gasteiger charge is 2.14. The molecule has 0 saturated carbocycles. The largest absolute Gasteiger partial charge is 0.482 e. The zero-order valence-corrected chi connectivity index (χ0v) is 10.8. The van der Waals surface area contributed by atoms with Crippen LogP contribution >= 0.6 is 0 Å². The van der Waals surface area contributed by atoms with Gasteiger partial charge in [-0.3, -0.25) is 0 Å². The highest BCUT2D eigenvalue weighted by atomic mass is 16.5. The number of hydrogen-bond acceptors (Lipinski definition) is 4. The Hall–Kier alpha value is -1.59. The zero-order valence-electron chi connectivity index (χ0n) is 10.8. The smallest absolute Gasteiger partial charge is 0.341 e. The van der Waals surface area contributed by atoms with E-state index in [9.17, 15) is 4.79 Å². The van der Waals surface area contributed by atoms with Gasteiger partial charge in [-0.2, -0.15) is 0 Å². The Morgan fingerprint density at radius 2 is 2.21 bits per heavy atom. The van der Waals surface area contributed by atoms with E-state index in [1.54, 1.807) is 12.1 Å². The zero-order chi connectivity index (χ0) is 13.5. The molecule has 1 aliphatic heterocycles. The molecule has 2 rings (SSSR count). The number of hydrogen-bond donors (Lipinski definition) is 2. The second kappa shape index (κ2) is 7.11. The lowest BCUT2D eigenvalue weighted by Gasteiger charge is -2.11. The van der Waals surface area contributed by atoms with E-state index >= 15 is 0 Å². The monoisotopic (exact) mass is 265 g/mol. The van der Waals surface area contributed by atoms with Crippen molar-refractivity contribution < 1.29 is 19.4 Å². The van der Waals surface area contributed by atoms with Crippen molar-refractivity contribution in [2.45, 2.75) is 25.5 Å². The molecule has 1 saturated heterocycles. The molecule has 1 fully saturated rings. The fraction of sp³-hybridized carbons (Fsp3) is 0.500. The number of nitrogens with one attached hydrogen (secondary N) is 1. The summed E-state index contributed by atoms with van der Waals surface area (Å²) in [5.74, 6) is -0.396. The number of ether oxygens (including phenoxy) is 2. The molecule has 1 aliphatic rings. The lowest BCUT2D eigenvalue weighted by atomic mass is 10.2. The lowest BCUT2D eigenvalue weighted by Crippen LogP contribution is -2.25. The number of carboxylic acids is 1. The molecule has 0 radical (unpaired) electrons. The normalized spacial score (nSPS) is 18.4. The molecule has 1 atom stereocenters. The summed E-state index contributed by atoms with van der Waals surface area (Å²) < 4.78 is 10.6. The first-order valence-corrected chi connectivity index (χ1v) is 6.50. The minimum absolute atomic E-state index is 0.309. The molecule has 1 heterocycles. The van der Waals surface area contributed by atoms with Crippen molar-refractivity contribution in [3.8, 4) is 5.75 Å². The van der Waals surface area contributed by atoms with E-state index in [0.717, 1.165) is 38.1 Å². The number of rotatable bonds is 7. The van der Waals surface area contributed by atoms with Crippen molar-refractivity contribution >= 4 is 5.97 Å². The first-order valence-electron chi connectivity index (χ1n) is 6.50. The van der Waals surface area contributed by atoms with Crippen LogP contribution in [0, 0.1) is 0 Å². The molecular weight excluding hydrogens is 246 g/mol. The molecule has 104 valence electrons. The number of benzene rings is 1. The Balaban J connectivity index is 1.70. The quantitative estimate of drug-likeness (QED) is 0.780. The Morgan fingerprint density at radius 1 is 1.42 bits per heavy atom. The van der Waals surface area contributed by atoms with Crippen LogP contribution in [0.15, 0.2) is 24.3 Å². The third-order valence-corrected chi connectivity index (χ3v) is 3.01. The van der Waals surface area contributed by atoms with Gasteiger partial charge in [-0.15, -0.1) is 0 Å². The first-order chi connectivity index (χ1) is 9.24. The minimum atomic E-state index is -0.970. The SMILES string of the molecule is O=C(O)COc1ccc(CNC[C@@H]2CCCO2)cc1. The summed E-state index contributed by atoms with van der Waals surface area (Å²) in [7, 11) is 0. The van der Waals surface area contributed by atoms with Crippen molar-refractivity contribution in [2.75, 3.05) is 19.8 Å². The fourth-order valence-corrected chi connectivity index (χ4v) is 2.03. The van der Waals surface area contributed by atoms with E-state index in [4.69, 9.17) is 14.6 Å². The van der Waals surface area contributed by atoms with Crippen molar-refractivity contribution in [2.24, 2.45) is 0 Å². The van der Waals surface area contributed by atoms with E-state index in [-0.39, 0.29) is 6.61 Å². The summed E-state index contributed by atoms with van der Waals surface area (Å²) in [5, 5.41) is 11.9. The third kappa shape index (κ3) is 4.89. The summed E-state index contributed by atoms with van der Waals surface area (Å²) >= 11 is 0. The molecule has 2 N–H and O–H groups in total. The van der Waals surface area contributed by atoms with E-state index < -0.39 is 5.97 Å². The number of aliphatic carboxylic acids is 1. The van der Waals surface area contributed by atoms with Crippen molar-refractivity contribution in [1.29, 1.82) is 0 Å². The van der Waals surface area contributed by atoms with Gasteiger partial charge in [0.1, 0.15) is 5.75 Å². The van der Waals surface area contributed by atoms with Crippen LogP contribution in [-0.4, -0.2) is 36.9 Å². The van der Waals surface area contributed by atoms with Crippen molar-refractivity contribution in [3.05, 3.63) is 29.8 Å². The van der Waals surface area contributed by atoms with Gasteiger partial charge in [0.2, 0.25) is 0 Å². The van der Waals surface area contributed by atoms with Crippen molar-refractivity contribution in [1.82, 2.24) is 5.32 Å². The van der Waals surface area contributed by atoms with Crippen LogP contribution in [0.25, 0.3) is 0 Å². The molecule has 5 nitrogen and oxygen atoms in total. The van der Waals surface area contributed by atoms with Gasteiger partial charge in [0.15, 0.2) is 6.61 Å². The highest BCUT2D eigenvalue weighted by Crippen LogP contribution is 2.13. The molecule has 1 aromatic rings. The topological polar surface area (TPSA) is 67.8 Å². The Morgan fingerprint density at radius 3 is 2.84 bits per heavy atom. The van der Waals surface area contributed by atoms with E-state index in [1.165, 1.54) is 0 Å². The van der Waals surface area contributed by atoms with E-state index in [1.807, 2.05) is 12.1 Å². The molecule has 0 unspecified atom stereocenters. The minimum Gasteiger partial charge on any atom is -0.482 e. The summed E-state index contributed by atoms with van der Waals surface area (Å²) in [6.07, 6.45) is 2.63. The van der Waals surface area contributed by atoms with Gasteiger partial charge in [-0.25, -0.2) is 4.79 Å². The predicted molar refractivity (Wildman–Crippen MR) is 70.3 cm³/mol. The Kier molecular flexibility index (Phi) is 5.18. The van der Waals surface area contributed by atoms with Crippen LogP contribution in [0.2, 0.25) is 0 Å². The Labute approximate surface area is 112 Å². The van der Waals surface area contributed by atoms with Crippen molar-refractivity contribution in [3.63, 3.8) is 0 Å². The number of carboxylic acid groups (broad SMARTS) is 1. The summed E-state index contributed by atoms with van der Waals surface area (Å²) in [5.41, 5.74) is 1.14. The Bertz CT molecular complexity index is 398. The van der Waals surface area contributed by atoms with Crippen LogP contribution < -0.4 is 10.1 Å². The molecule has 0 aromatic heterocycles. The fourth-order valence-electron chi connectivity index (χ4n) is 2.03. The number of carbonyl (C=O) groups is 1. The van der Waals surface area contributed by atoms with Crippen LogP contribution in [0.5, 0.6) is 5.75 Å². The third-order valence-electron chi connectivity index (χ3n) is 3.01. The first kappa shape index (κ1) is 13.8. The molecule has 1 aromatic carbocycles. The maximum Gasteiger partial charge on any atom is 0.341 e. The van der Waals surface area contributed by atoms with Gasteiger partial charge in [0, 0.05) is 19.7 Å².